The zero-order chi connectivity index (χ0) is 15.5. The van der Waals surface area contributed by atoms with Gasteiger partial charge in [-0.15, -0.1) is 11.3 Å². The van der Waals surface area contributed by atoms with E-state index in [0.29, 0.717) is 5.92 Å². The molecule has 1 saturated heterocycles. The third-order valence-corrected chi connectivity index (χ3v) is 4.46. The lowest BCUT2D eigenvalue weighted by atomic mass is 9.97. The van der Waals surface area contributed by atoms with Crippen molar-refractivity contribution in [2.75, 3.05) is 20.1 Å². The Balaban J connectivity index is 1.85. The van der Waals surface area contributed by atoms with E-state index >= 15 is 0 Å². The van der Waals surface area contributed by atoms with Crippen molar-refractivity contribution in [2.45, 2.75) is 45.8 Å². The molecule has 0 spiro atoms. The van der Waals surface area contributed by atoms with Crippen molar-refractivity contribution in [1.82, 2.24) is 9.47 Å². The van der Waals surface area contributed by atoms with Crippen LogP contribution in [0.3, 0.4) is 0 Å². The number of carbonyl (C=O) groups excluding carboxylic acids is 1. The maximum atomic E-state index is 12.0. The highest BCUT2D eigenvalue weighted by Crippen LogP contribution is 2.20. The van der Waals surface area contributed by atoms with Gasteiger partial charge in [0, 0.05) is 38.3 Å². The van der Waals surface area contributed by atoms with Crippen LogP contribution in [0.4, 0.5) is 4.79 Å². The lowest BCUT2D eigenvalue weighted by Gasteiger charge is -2.33. The summed E-state index contributed by atoms with van der Waals surface area (Å²) in [4.78, 5) is 19.2. The summed E-state index contributed by atoms with van der Waals surface area (Å²) < 4.78 is 7.63. The molecule has 1 fully saturated rings. The van der Waals surface area contributed by atoms with E-state index < -0.39 is 5.60 Å². The van der Waals surface area contributed by atoms with Crippen molar-refractivity contribution in [2.24, 2.45) is 10.9 Å². The third-order valence-electron chi connectivity index (χ3n) is 3.57. The Hall–Kier alpha value is -1.30. The second-order valence-electron chi connectivity index (χ2n) is 6.47. The highest BCUT2D eigenvalue weighted by atomic mass is 32.1. The molecule has 1 aliphatic heterocycles. The van der Waals surface area contributed by atoms with Crippen LogP contribution < -0.4 is 4.80 Å². The van der Waals surface area contributed by atoms with Crippen molar-refractivity contribution >= 4 is 17.4 Å². The minimum atomic E-state index is -0.419. The number of ether oxygens (including phenoxy) is 1. The molecule has 1 aromatic rings. The van der Waals surface area contributed by atoms with Crippen molar-refractivity contribution in [3.63, 3.8) is 0 Å². The molecule has 0 N–H and O–H groups in total. The SMILES string of the molecule is CN=c1sccn1CC1CCN(C(=O)OC(C)(C)C)CC1. The van der Waals surface area contributed by atoms with Crippen LogP contribution in [0.25, 0.3) is 0 Å². The van der Waals surface area contributed by atoms with Crippen LogP contribution in [-0.2, 0) is 11.3 Å². The molecule has 6 heteroatoms. The second-order valence-corrected chi connectivity index (χ2v) is 7.35. The summed E-state index contributed by atoms with van der Waals surface area (Å²) in [7, 11) is 1.83. The van der Waals surface area contributed by atoms with Gasteiger partial charge in [0.05, 0.1) is 0 Å². The quantitative estimate of drug-likeness (QED) is 0.843. The molecule has 0 radical (unpaired) electrons. The van der Waals surface area contributed by atoms with Crippen LogP contribution in [0.5, 0.6) is 0 Å². The van der Waals surface area contributed by atoms with E-state index in [-0.39, 0.29) is 6.09 Å². The van der Waals surface area contributed by atoms with Gasteiger partial charge in [-0.1, -0.05) is 0 Å². The van der Waals surface area contributed by atoms with E-state index in [1.165, 1.54) is 0 Å². The molecule has 2 heterocycles. The molecule has 0 aliphatic carbocycles. The number of nitrogens with zero attached hydrogens (tertiary/aromatic N) is 3. The van der Waals surface area contributed by atoms with Crippen molar-refractivity contribution in [3.8, 4) is 0 Å². The number of piperidine rings is 1. The maximum Gasteiger partial charge on any atom is 0.410 e. The summed E-state index contributed by atoms with van der Waals surface area (Å²) in [6.45, 7) is 8.26. The van der Waals surface area contributed by atoms with Crippen LogP contribution >= 0.6 is 11.3 Å². The van der Waals surface area contributed by atoms with Gasteiger partial charge in [0.2, 0.25) is 0 Å². The highest BCUT2D eigenvalue weighted by molar-refractivity contribution is 7.07. The second kappa shape index (κ2) is 6.64. The number of aromatic nitrogens is 1. The Labute approximate surface area is 130 Å². The fourth-order valence-electron chi connectivity index (χ4n) is 2.52. The number of rotatable bonds is 2. The Morgan fingerprint density at radius 1 is 1.43 bits per heavy atom. The lowest BCUT2D eigenvalue weighted by molar-refractivity contribution is 0.0178. The minimum Gasteiger partial charge on any atom is -0.444 e. The van der Waals surface area contributed by atoms with Crippen LogP contribution in [-0.4, -0.2) is 41.3 Å². The van der Waals surface area contributed by atoms with Gasteiger partial charge in [0.15, 0.2) is 4.80 Å². The molecule has 1 aromatic heterocycles. The van der Waals surface area contributed by atoms with E-state index in [0.717, 1.165) is 37.3 Å². The zero-order valence-corrected chi connectivity index (χ0v) is 14.2. The number of amides is 1. The standard InChI is InChI=1S/C15H25N3O2S/c1-15(2,3)20-14(19)17-7-5-12(6-8-17)11-18-9-10-21-13(18)16-4/h9-10,12H,5-8,11H2,1-4H3. The maximum absolute atomic E-state index is 12.0. The number of likely N-dealkylation sites (tertiary alicyclic amines) is 1. The van der Waals surface area contributed by atoms with Crippen LogP contribution in [0.15, 0.2) is 16.6 Å². The molecule has 1 amide bonds. The van der Waals surface area contributed by atoms with Gasteiger partial charge in [-0.2, -0.15) is 0 Å². The first-order valence-electron chi connectivity index (χ1n) is 7.44. The first-order chi connectivity index (χ1) is 9.89. The molecule has 0 aromatic carbocycles. The molecular weight excluding hydrogens is 286 g/mol. The Bertz CT molecular complexity index is 534. The summed E-state index contributed by atoms with van der Waals surface area (Å²) in [5.74, 6) is 0.601. The summed E-state index contributed by atoms with van der Waals surface area (Å²) in [6.07, 6.45) is 3.94. The smallest absolute Gasteiger partial charge is 0.410 e. The van der Waals surface area contributed by atoms with Crippen LogP contribution in [0.1, 0.15) is 33.6 Å². The third kappa shape index (κ3) is 4.59. The van der Waals surface area contributed by atoms with Crippen molar-refractivity contribution in [1.29, 1.82) is 0 Å². The predicted molar refractivity (Wildman–Crippen MR) is 84.3 cm³/mol. The van der Waals surface area contributed by atoms with Gasteiger partial charge < -0.3 is 14.2 Å². The first kappa shape index (κ1) is 16.1. The average Bonchev–Trinajstić information content (AvgIpc) is 2.85. The van der Waals surface area contributed by atoms with E-state index in [4.69, 9.17) is 4.74 Å². The number of hydrogen-bond acceptors (Lipinski definition) is 4. The van der Waals surface area contributed by atoms with Gasteiger partial charge in [0.25, 0.3) is 0 Å². The normalized spacial score (nSPS) is 18.1. The summed E-state index contributed by atoms with van der Waals surface area (Å²) in [5, 5.41) is 2.07. The molecule has 0 atom stereocenters. The average molecular weight is 311 g/mol. The lowest BCUT2D eigenvalue weighted by Crippen LogP contribution is -2.42. The van der Waals surface area contributed by atoms with Crippen molar-refractivity contribution < 1.29 is 9.53 Å². The Morgan fingerprint density at radius 3 is 2.67 bits per heavy atom. The molecule has 2 rings (SSSR count). The topological polar surface area (TPSA) is 46.8 Å². The van der Waals surface area contributed by atoms with E-state index in [9.17, 15) is 4.79 Å². The van der Waals surface area contributed by atoms with Gasteiger partial charge >= 0.3 is 6.09 Å². The highest BCUT2D eigenvalue weighted by Gasteiger charge is 2.26. The number of thiazole rings is 1. The van der Waals surface area contributed by atoms with Crippen LogP contribution in [0.2, 0.25) is 0 Å². The Kier molecular flexibility index (Phi) is 5.08. The fraction of sp³-hybridized carbons (Fsp3) is 0.733. The fourth-order valence-corrected chi connectivity index (χ4v) is 3.22. The number of carbonyl (C=O) groups is 1. The van der Waals surface area contributed by atoms with Crippen molar-refractivity contribution in [3.05, 3.63) is 16.4 Å². The monoisotopic (exact) mass is 311 g/mol. The van der Waals surface area contributed by atoms with E-state index in [2.05, 4.69) is 21.1 Å². The van der Waals surface area contributed by atoms with Gasteiger partial charge in [-0.05, 0) is 39.5 Å². The summed E-state index contributed by atoms with van der Waals surface area (Å²) in [5.41, 5.74) is -0.419. The first-order valence-corrected chi connectivity index (χ1v) is 8.31. The molecule has 0 bridgehead atoms. The molecule has 1 aliphatic rings. The zero-order valence-electron chi connectivity index (χ0n) is 13.3. The molecule has 118 valence electrons. The molecule has 0 saturated carbocycles. The van der Waals surface area contributed by atoms with Gasteiger partial charge in [0.1, 0.15) is 5.60 Å². The molecule has 0 unspecified atom stereocenters. The molecular formula is C15H25N3O2S. The van der Waals surface area contributed by atoms with E-state index in [1.807, 2.05) is 32.7 Å². The van der Waals surface area contributed by atoms with E-state index in [1.54, 1.807) is 11.3 Å². The molecule has 5 nitrogen and oxygen atoms in total. The summed E-state index contributed by atoms with van der Waals surface area (Å²) >= 11 is 1.66. The van der Waals surface area contributed by atoms with Crippen LogP contribution in [0, 0.1) is 5.92 Å². The van der Waals surface area contributed by atoms with Gasteiger partial charge in [-0.25, -0.2) is 4.79 Å². The Morgan fingerprint density at radius 2 is 2.10 bits per heavy atom. The number of hydrogen-bond donors (Lipinski definition) is 0. The molecule has 21 heavy (non-hydrogen) atoms. The van der Waals surface area contributed by atoms with Gasteiger partial charge in [-0.3, -0.25) is 4.99 Å². The largest absolute Gasteiger partial charge is 0.444 e. The predicted octanol–water partition coefficient (Wildman–Crippen LogP) is 2.73. The minimum absolute atomic E-state index is 0.187. The summed E-state index contributed by atoms with van der Waals surface area (Å²) in [6, 6.07) is 0.